The Morgan fingerprint density at radius 3 is 2.44 bits per heavy atom. The summed E-state index contributed by atoms with van der Waals surface area (Å²) in [6.45, 7) is 0. The van der Waals surface area contributed by atoms with Crippen molar-refractivity contribution in [3.8, 4) is 16.9 Å². The first-order chi connectivity index (χ1) is 16.3. The van der Waals surface area contributed by atoms with Crippen molar-refractivity contribution in [3.05, 3.63) is 83.1 Å². The van der Waals surface area contributed by atoms with Gasteiger partial charge in [-0.05, 0) is 61.4 Å². The molecule has 0 saturated carbocycles. The zero-order chi connectivity index (χ0) is 23.9. The van der Waals surface area contributed by atoms with Crippen LogP contribution in [0.25, 0.3) is 27.8 Å². The molecular formula is C25H21ClFN3O3S. The minimum atomic E-state index is -3.01. The third-order valence-electron chi connectivity index (χ3n) is 6.03. The van der Waals surface area contributed by atoms with Crippen molar-refractivity contribution in [2.75, 3.05) is 11.5 Å². The van der Waals surface area contributed by atoms with Crippen LogP contribution in [0.15, 0.2) is 66.7 Å². The van der Waals surface area contributed by atoms with Gasteiger partial charge in [-0.2, -0.15) is 5.10 Å². The largest absolute Gasteiger partial charge is 0.349 e. The number of hydrogen-bond donors (Lipinski definition) is 1. The molecule has 0 spiro atoms. The third kappa shape index (κ3) is 4.43. The first-order valence-electron chi connectivity index (χ1n) is 10.9. The second-order valence-corrected chi connectivity index (χ2v) is 11.1. The number of rotatable bonds is 4. The number of benzene rings is 3. The molecule has 1 amide bonds. The summed E-state index contributed by atoms with van der Waals surface area (Å²) in [6.07, 6.45) is 0.807. The quantitative estimate of drug-likeness (QED) is 0.439. The molecule has 1 fully saturated rings. The monoisotopic (exact) mass is 497 g/mol. The van der Waals surface area contributed by atoms with Crippen molar-refractivity contribution in [3.63, 3.8) is 0 Å². The molecule has 3 aromatic carbocycles. The average Bonchev–Trinajstić information content (AvgIpc) is 3.20. The van der Waals surface area contributed by atoms with Gasteiger partial charge in [0.15, 0.2) is 0 Å². The lowest BCUT2D eigenvalue weighted by Crippen LogP contribution is -2.40. The van der Waals surface area contributed by atoms with E-state index in [1.54, 1.807) is 35.0 Å². The standard InChI is InChI=1S/C25H21ClFN3O3S/c26-22-4-2-1-3-20(22)24-21-10-5-16(25(31)28-18-11-13-34(32,33)14-12-18)15-23(21)30(29-24)19-8-6-17(27)7-9-19/h1-10,15,18H,11-14H2,(H,28,31). The highest BCUT2D eigenvalue weighted by Crippen LogP contribution is 2.34. The molecule has 174 valence electrons. The molecule has 0 atom stereocenters. The van der Waals surface area contributed by atoms with Crippen molar-refractivity contribution in [1.82, 2.24) is 15.1 Å². The van der Waals surface area contributed by atoms with Crippen LogP contribution in [0.3, 0.4) is 0 Å². The Hall–Kier alpha value is -3.23. The fourth-order valence-electron chi connectivity index (χ4n) is 4.19. The van der Waals surface area contributed by atoms with Gasteiger partial charge < -0.3 is 5.32 Å². The van der Waals surface area contributed by atoms with E-state index >= 15 is 0 Å². The first kappa shape index (κ1) is 22.6. The average molecular weight is 498 g/mol. The molecule has 5 rings (SSSR count). The zero-order valence-electron chi connectivity index (χ0n) is 18.0. The van der Waals surface area contributed by atoms with E-state index in [1.165, 1.54) is 12.1 Å². The molecule has 4 aromatic rings. The Kier molecular flexibility index (Phi) is 5.87. The van der Waals surface area contributed by atoms with Crippen LogP contribution >= 0.6 is 11.6 Å². The molecule has 0 radical (unpaired) electrons. The molecule has 34 heavy (non-hydrogen) atoms. The molecule has 0 bridgehead atoms. The summed E-state index contributed by atoms with van der Waals surface area (Å²) >= 11 is 6.44. The molecule has 1 aliphatic heterocycles. The summed E-state index contributed by atoms with van der Waals surface area (Å²) < 4.78 is 38.6. The van der Waals surface area contributed by atoms with Gasteiger partial charge in [-0.3, -0.25) is 4.79 Å². The van der Waals surface area contributed by atoms with E-state index in [-0.39, 0.29) is 29.3 Å². The second kappa shape index (κ2) is 8.85. The molecule has 1 saturated heterocycles. The van der Waals surface area contributed by atoms with Crippen LogP contribution in [0.4, 0.5) is 4.39 Å². The van der Waals surface area contributed by atoms with Crippen LogP contribution in [0.1, 0.15) is 23.2 Å². The van der Waals surface area contributed by atoms with Gasteiger partial charge in [0, 0.05) is 22.6 Å². The van der Waals surface area contributed by atoms with Crippen LogP contribution in [0.2, 0.25) is 5.02 Å². The van der Waals surface area contributed by atoms with E-state index in [9.17, 15) is 17.6 Å². The Morgan fingerprint density at radius 1 is 1.03 bits per heavy atom. The Balaban J connectivity index is 1.56. The smallest absolute Gasteiger partial charge is 0.251 e. The number of nitrogens with one attached hydrogen (secondary N) is 1. The summed E-state index contributed by atoms with van der Waals surface area (Å²) in [4.78, 5) is 13.0. The highest BCUT2D eigenvalue weighted by molar-refractivity contribution is 7.91. The van der Waals surface area contributed by atoms with Gasteiger partial charge in [0.1, 0.15) is 21.3 Å². The van der Waals surface area contributed by atoms with Crippen LogP contribution in [-0.2, 0) is 9.84 Å². The predicted octanol–water partition coefficient (Wildman–Crippen LogP) is 4.79. The summed E-state index contributed by atoms with van der Waals surface area (Å²) in [7, 11) is -3.01. The van der Waals surface area contributed by atoms with E-state index in [2.05, 4.69) is 5.32 Å². The minimum absolute atomic E-state index is 0.0789. The zero-order valence-corrected chi connectivity index (χ0v) is 19.6. The summed E-state index contributed by atoms with van der Waals surface area (Å²) in [5, 5.41) is 9.05. The number of nitrogens with zero attached hydrogens (tertiary/aromatic N) is 2. The van der Waals surface area contributed by atoms with Crippen molar-refractivity contribution >= 4 is 38.2 Å². The third-order valence-corrected chi connectivity index (χ3v) is 8.08. The van der Waals surface area contributed by atoms with E-state index in [0.717, 1.165) is 10.9 Å². The van der Waals surface area contributed by atoms with E-state index in [4.69, 9.17) is 16.7 Å². The number of hydrogen-bond acceptors (Lipinski definition) is 4. The van der Waals surface area contributed by atoms with Crippen molar-refractivity contribution in [2.24, 2.45) is 0 Å². The summed E-state index contributed by atoms with van der Waals surface area (Å²) in [6, 6.07) is 18.4. The van der Waals surface area contributed by atoms with Gasteiger partial charge in [0.2, 0.25) is 0 Å². The van der Waals surface area contributed by atoms with E-state index < -0.39 is 9.84 Å². The van der Waals surface area contributed by atoms with E-state index in [1.807, 2.05) is 24.3 Å². The highest BCUT2D eigenvalue weighted by atomic mass is 35.5. The van der Waals surface area contributed by atoms with Crippen LogP contribution in [-0.4, -0.2) is 41.7 Å². The molecule has 1 aromatic heterocycles. The molecular weight excluding hydrogens is 477 g/mol. The molecule has 1 N–H and O–H groups in total. The highest BCUT2D eigenvalue weighted by Gasteiger charge is 2.25. The molecule has 6 nitrogen and oxygen atoms in total. The number of carbonyl (C=O) groups excluding carboxylic acids is 1. The molecule has 2 heterocycles. The number of carbonyl (C=O) groups is 1. The van der Waals surface area contributed by atoms with E-state index in [0.29, 0.717) is 40.3 Å². The van der Waals surface area contributed by atoms with Crippen molar-refractivity contribution < 1.29 is 17.6 Å². The Bertz CT molecular complexity index is 1490. The molecule has 0 aliphatic carbocycles. The summed E-state index contributed by atoms with van der Waals surface area (Å²) in [5.41, 5.74) is 3.13. The Morgan fingerprint density at radius 2 is 1.74 bits per heavy atom. The lowest BCUT2D eigenvalue weighted by Gasteiger charge is -2.23. The van der Waals surface area contributed by atoms with Gasteiger partial charge in [-0.25, -0.2) is 17.5 Å². The number of halogens is 2. The maximum atomic E-state index is 13.5. The van der Waals surface area contributed by atoms with Gasteiger partial charge in [0.05, 0.1) is 27.7 Å². The molecule has 0 unspecified atom stereocenters. The van der Waals surface area contributed by atoms with Crippen LogP contribution in [0, 0.1) is 5.82 Å². The minimum Gasteiger partial charge on any atom is -0.349 e. The number of aromatic nitrogens is 2. The van der Waals surface area contributed by atoms with Gasteiger partial charge in [-0.1, -0.05) is 29.8 Å². The fourth-order valence-corrected chi connectivity index (χ4v) is 5.91. The molecule has 9 heteroatoms. The predicted molar refractivity (Wildman–Crippen MR) is 131 cm³/mol. The topological polar surface area (TPSA) is 81.1 Å². The van der Waals surface area contributed by atoms with Gasteiger partial charge in [0.25, 0.3) is 5.91 Å². The summed E-state index contributed by atoms with van der Waals surface area (Å²) in [5.74, 6) is -0.483. The van der Waals surface area contributed by atoms with Gasteiger partial charge in [-0.15, -0.1) is 0 Å². The maximum absolute atomic E-state index is 13.5. The van der Waals surface area contributed by atoms with Crippen molar-refractivity contribution in [2.45, 2.75) is 18.9 Å². The lowest BCUT2D eigenvalue weighted by molar-refractivity contribution is 0.0934. The molecule has 1 aliphatic rings. The van der Waals surface area contributed by atoms with Crippen LogP contribution < -0.4 is 5.32 Å². The normalized spacial score (nSPS) is 15.9. The van der Waals surface area contributed by atoms with Gasteiger partial charge >= 0.3 is 0 Å². The van der Waals surface area contributed by atoms with Crippen LogP contribution in [0.5, 0.6) is 0 Å². The Labute approximate surface area is 201 Å². The second-order valence-electron chi connectivity index (χ2n) is 8.35. The number of amides is 1. The number of sulfone groups is 1. The van der Waals surface area contributed by atoms with Crippen molar-refractivity contribution in [1.29, 1.82) is 0 Å². The maximum Gasteiger partial charge on any atom is 0.251 e. The fraction of sp³-hybridized carbons (Fsp3) is 0.200. The number of fused-ring (bicyclic) bond motifs is 1. The SMILES string of the molecule is O=C(NC1CCS(=O)(=O)CC1)c1ccc2c(-c3ccccc3Cl)nn(-c3ccc(F)cc3)c2c1. The first-order valence-corrected chi connectivity index (χ1v) is 13.1. The lowest BCUT2D eigenvalue weighted by atomic mass is 10.0.